The molecule has 0 aliphatic heterocycles. The van der Waals surface area contributed by atoms with Crippen molar-refractivity contribution in [3.05, 3.63) is 65.6 Å². The third-order valence-electron chi connectivity index (χ3n) is 2.82. The predicted octanol–water partition coefficient (Wildman–Crippen LogP) is 3.48. The normalized spacial score (nSPS) is 12.5. The lowest BCUT2D eigenvalue weighted by Gasteiger charge is -2.12. The molecular weight excluding hydrogens is 238 g/mol. The molecule has 3 heteroatoms. The molecule has 1 amide bonds. The first-order chi connectivity index (χ1) is 9.15. The van der Waals surface area contributed by atoms with Crippen LogP contribution in [0.1, 0.15) is 30.0 Å². The van der Waals surface area contributed by atoms with Gasteiger partial charge in [0.25, 0.3) is 0 Å². The first kappa shape index (κ1) is 13.1. The number of hydrogen-bond donors (Lipinski definition) is 1. The van der Waals surface area contributed by atoms with Crippen LogP contribution in [0.4, 0.5) is 0 Å². The average molecular weight is 255 g/mol. The summed E-state index contributed by atoms with van der Waals surface area (Å²) < 4.78 is 5.36. The van der Waals surface area contributed by atoms with Crippen molar-refractivity contribution in [2.45, 2.75) is 19.9 Å². The molecule has 98 valence electrons. The second-order valence-corrected chi connectivity index (χ2v) is 4.42. The molecule has 1 heterocycles. The van der Waals surface area contributed by atoms with Gasteiger partial charge in [-0.25, -0.2) is 0 Å². The van der Waals surface area contributed by atoms with Crippen LogP contribution in [0.2, 0.25) is 0 Å². The molecule has 0 fully saturated rings. The molecule has 0 saturated carbocycles. The number of benzene rings is 1. The topological polar surface area (TPSA) is 42.2 Å². The second kappa shape index (κ2) is 6.05. The van der Waals surface area contributed by atoms with Gasteiger partial charge in [-0.1, -0.05) is 30.3 Å². The van der Waals surface area contributed by atoms with Crippen LogP contribution in [0.25, 0.3) is 6.08 Å². The van der Waals surface area contributed by atoms with E-state index in [2.05, 4.69) is 5.32 Å². The zero-order valence-electron chi connectivity index (χ0n) is 11.1. The van der Waals surface area contributed by atoms with Gasteiger partial charge in [0.15, 0.2) is 0 Å². The van der Waals surface area contributed by atoms with Gasteiger partial charge in [0.2, 0.25) is 5.91 Å². The van der Waals surface area contributed by atoms with Gasteiger partial charge >= 0.3 is 0 Å². The highest BCUT2D eigenvalue weighted by Gasteiger charge is 2.06. The number of carbonyl (C=O) groups excluding carboxylic acids is 1. The summed E-state index contributed by atoms with van der Waals surface area (Å²) in [5.41, 5.74) is 1.08. The minimum atomic E-state index is -0.134. The van der Waals surface area contributed by atoms with E-state index in [-0.39, 0.29) is 11.9 Å². The Kier molecular flexibility index (Phi) is 4.18. The van der Waals surface area contributed by atoms with Crippen LogP contribution in [0.15, 0.2) is 53.0 Å². The van der Waals surface area contributed by atoms with Gasteiger partial charge in [-0.05, 0) is 37.6 Å². The summed E-state index contributed by atoms with van der Waals surface area (Å²) >= 11 is 0. The van der Waals surface area contributed by atoms with Crippen molar-refractivity contribution >= 4 is 12.0 Å². The van der Waals surface area contributed by atoms with Gasteiger partial charge in [-0.2, -0.15) is 0 Å². The molecule has 2 rings (SSSR count). The van der Waals surface area contributed by atoms with Gasteiger partial charge in [-0.3, -0.25) is 4.79 Å². The number of nitrogens with one attached hydrogen (secondary N) is 1. The van der Waals surface area contributed by atoms with E-state index < -0.39 is 0 Å². The Hall–Kier alpha value is -2.29. The average Bonchev–Trinajstić information content (AvgIpc) is 2.83. The van der Waals surface area contributed by atoms with Gasteiger partial charge in [-0.15, -0.1) is 0 Å². The first-order valence-electron chi connectivity index (χ1n) is 6.25. The van der Waals surface area contributed by atoms with Crippen molar-refractivity contribution in [2.24, 2.45) is 0 Å². The zero-order valence-corrected chi connectivity index (χ0v) is 11.1. The lowest BCUT2D eigenvalue weighted by Crippen LogP contribution is -2.24. The molecule has 3 nitrogen and oxygen atoms in total. The van der Waals surface area contributed by atoms with E-state index in [0.717, 1.165) is 11.3 Å². The molecule has 0 aliphatic carbocycles. The third-order valence-corrected chi connectivity index (χ3v) is 2.82. The summed E-state index contributed by atoms with van der Waals surface area (Å²) in [5, 5.41) is 2.91. The lowest BCUT2D eigenvalue weighted by molar-refractivity contribution is -0.117. The van der Waals surface area contributed by atoms with Crippen LogP contribution in [0.3, 0.4) is 0 Å². The molecule has 0 saturated heterocycles. The van der Waals surface area contributed by atoms with E-state index in [4.69, 9.17) is 4.42 Å². The van der Waals surface area contributed by atoms with E-state index in [9.17, 15) is 4.79 Å². The maximum absolute atomic E-state index is 11.8. The van der Waals surface area contributed by atoms with Crippen molar-refractivity contribution in [1.82, 2.24) is 5.32 Å². The standard InChI is InChI=1S/C16H17NO2/c1-12-8-9-15(19-12)10-11-16(18)17-13(2)14-6-4-3-5-7-14/h3-11,13H,1-2H3,(H,17,18). The second-order valence-electron chi connectivity index (χ2n) is 4.42. The lowest BCUT2D eigenvalue weighted by atomic mass is 10.1. The molecule has 1 aromatic heterocycles. The van der Waals surface area contributed by atoms with E-state index >= 15 is 0 Å². The monoisotopic (exact) mass is 255 g/mol. The minimum Gasteiger partial charge on any atom is -0.462 e. The molecule has 2 aromatic rings. The van der Waals surface area contributed by atoms with Gasteiger partial charge in [0, 0.05) is 6.08 Å². The summed E-state index contributed by atoms with van der Waals surface area (Å²) in [6, 6.07) is 13.5. The molecule has 1 unspecified atom stereocenters. The number of hydrogen-bond acceptors (Lipinski definition) is 2. The van der Waals surface area contributed by atoms with Crippen LogP contribution in [0, 0.1) is 6.92 Å². The SMILES string of the molecule is Cc1ccc(C=CC(=O)NC(C)c2ccccc2)o1. The minimum absolute atomic E-state index is 0.0170. The molecular formula is C16H17NO2. The van der Waals surface area contributed by atoms with Gasteiger partial charge < -0.3 is 9.73 Å². The predicted molar refractivity (Wildman–Crippen MR) is 75.5 cm³/mol. The summed E-state index contributed by atoms with van der Waals surface area (Å²) in [5.74, 6) is 1.38. The first-order valence-corrected chi connectivity index (χ1v) is 6.25. The highest BCUT2D eigenvalue weighted by molar-refractivity contribution is 5.91. The van der Waals surface area contributed by atoms with Crippen LogP contribution in [-0.2, 0) is 4.79 Å². The van der Waals surface area contributed by atoms with Crippen molar-refractivity contribution in [1.29, 1.82) is 0 Å². The fraction of sp³-hybridized carbons (Fsp3) is 0.188. The number of furan rings is 1. The van der Waals surface area contributed by atoms with Crippen molar-refractivity contribution < 1.29 is 9.21 Å². The maximum atomic E-state index is 11.8. The number of carbonyl (C=O) groups is 1. The fourth-order valence-corrected chi connectivity index (χ4v) is 1.79. The van der Waals surface area contributed by atoms with Crippen LogP contribution < -0.4 is 5.32 Å². The van der Waals surface area contributed by atoms with Crippen LogP contribution >= 0.6 is 0 Å². The Morgan fingerprint density at radius 3 is 2.58 bits per heavy atom. The molecule has 1 N–H and O–H groups in total. The molecule has 0 spiro atoms. The Labute approximate surface area is 112 Å². The summed E-state index contributed by atoms with van der Waals surface area (Å²) in [6.45, 7) is 3.83. The number of rotatable bonds is 4. The van der Waals surface area contributed by atoms with E-state index in [1.165, 1.54) is 6.08 Å². The largest absolute Gasteiger partial charge is 0.462 e. The third kappa shape index (κ3) is 3.85. The zero-order chi connectivity index (χ0) is 13.7. The maximum Gasteiger partial charge on any atom is 0.244 e. The molecule has 1 atom stereocenters. The van der Waals surface area contributed by atoms with Gasteiger partial charge in [0.1, 0.15) is 11.5 Å². The fourth-order valence-electron chi connectivity index (χ4n) is 1.79. The molecule has 0 aliphatic rings. The van der Waals surface area contributed by atoms with Crippen molar-refractivity contribution in [2.75, 3.05) is 0 Å². The van der Waals surface area contributed by atoms with Crippen LogP contribution in [-0.4, -0.2) is 5.91 Å². The highest BCUT2D eigenvalue weighted by Crippen LogP contribution is 2.11. The van der Waals surface area contributed by atoms with Crippen molar-refractivity contribution in [3.63, 3.8) is 0 Å². The van der Waals surface area contributed by atoms with Crippen LogP contribution in [0.5, 0.6) is 0 Å². The summed E-state index contributed by atoms with van der Waals surface area (Å²) in [7, 11) is 0. The smallest absolute Gasteiger partial charge is 0.244 e. The molecule has 1 aromatic carbocycles. The molecule has 0 bridgehead atoms. The Bertz CT molecular complexity index is 569. The van der Waals surface area contributed by atoms with Gasteiger partial charge in [0.05, 0.1) is 6.04 Å². The number of aryl methyl sites for hydroxylation is 1. The number of amides is 1. The Morgan fingerprint density at radius 2 is 1.95 bits per heavy atom. The summed E-state index contributed by atoms with van der Waals surface area (Å²) in [4.78, 5) is 11.8. The summed E-state index contributed by atoms with van der Waals surface area (Å²) in [6.07, 6.45) is 3.15. The Morgan fingerprint density at radius 1 is 1.21 bits per heavy atom. The highest BCUT2D eigenvalue weighted by atomic mass is 16.3. The van der Waals surface area contributed by atoms with Crippen molar-refractivity contribution in [3.8, 4) is 0 Å². The molecule has 19 heavy (non-hydrogen) atoms. The Balaban J connectivity index is 1.93. The van der Waals surface area contributed by atoms with E-state index in [1.807, 2.05) is 56.3 Å². The van der Waals surface area contributed by atoms with E-state index in [0.29, 0.717) is 5.76 Å². The molecule has 0 radical (unpaired) electrons. The van der Waals surface area contributed by atoms with E-state index in [1.54, 1.807) is 6.08 Å². The quantitative estimate of drug-likeness (QED) is 0.850.